The fourth-order valence-electron chi connectivity index (χ4n) is 1.70. The minimum atomic E-state index is -0.414. The predicted octanol–water partition coefficient (Wildman–Crippen LogP) is 5.41. The summed E-state index contributed by atoms with van der Waals surface area (Å²) < 4.78 is 14.3. The lowest BCUT2D eigenvalue weighted by Crippen LogP contribution is -2.06. The number of hydrogen-bond donors (Lipinski definition) is 1. The lowest BCUT2D eigenvalue weighted by atomic mass is 10.1. The first-order chi connectivity index (χ1) is 8.56. The van der Waals surface area contributed by atoms with Crippen LogP contribution in [-0.4, -0.2) is 0 Å². The Hall–Kier alpha value is -1.06. The van der Waals surface area contributed by atoms with Gasteiger partial charge in [0, 0.05) is 16.2 Å². The van der Waals surface area contributed by atoms with Crippen molar-refractivity contribution in [3.63, 3.8) is 0 Å². The van der Waals surface area contributed by atoms with E-state index in [1.165, 1.54) is 6.07 Å². The molecule has 0 fully saturated rings. The van der Waals surface area contributed by atoms with Gasteiger partial charge in [0.15, 0.2) is 0 Å². The molecule has 1 N–H and O–H groups in total. The van der Waals surface area contributed by atoms with E-state index in [1.807, 2.05) is 31.2 Å². The molecule has 4 heteroatoms. The van der Waals surface area contributed by atoms with Crippen LogP contribution in [0.15, 0.2) is 46.9 Å². The summed E-state index contributed by atoms with van der Waals surface area (Å²) in [4.78, 5) is 0. The van der Waals surface area contributed by atoms with Gasteiger partial charge >= 0.3 is 0 Å². The van der Waals surface area contributed by atoms with Gasteiger partial charge in [-0.1, -0.05) is 39.7 Å². The van der Waals surface area contributed by atoms with Crippen LogP contribution in [0.25, 0.3) is 0 Å². The lowest BCUT2D eigenvalue weighted by Gasteiger charge is -2.16. The van der Waals surface area contributed by atoms with Gasteiger partial charge in [-0.2, -0.15) is 0 Å². The second-order valence-electron chi connectivity index (χ2n) is 4.05. The Kier molecular flexibility index (Phi) is 4.25. The fraction of sp³-hybridized carbons (Fsp3) is 0.143. The number of hydrogen-bond acceptors (Lipinski definition) is 1. The second kappa shape index (κ2) is 5.72. The summed E-state index contributed by atoms with van der Waals surface area (Å²) in [5.41, 5.74) is 1.84. The first kappa shape index (κ1) is 13.4. The van der Waals surface area contributed by atoms with E-state index in [9.17, 15) is 4.39 Å². The second-order valence-corrected chi connectivity index (χ2v) is 5.37. The molecule has 0 heterocycles. The number of benzene rings is 2. The Labute approximate surface area is 119 Å². The van der Waals surface area contributed by atoms with Crippen LogP contribution in [0.3, 0.4) is 0 Å². The first-order valence-electron chi connectivity index (χ1n) is 5.53. The zero-order valence-corrected chi connectivity index (χ0v) is 12.1. The third kappa shape index (κ3) is 3.24. The summed E-state index contributed by atoms with van der Waals surface area (Å²) in [5, 5.41) is 3.37. The van der Waals surface area contributed by atoms with E-state index in [-0.39, 0.29) is 11.1 Å². The maximum atomic E-state index is 13.3. The minimum Gasteiger partial charge on any atom is -0.378 e. The van der Waals surface area contributed by atoms with Gasteiger partial charge in [-0.25, -0.2) is 4.39 Å². The Balaban J connectivity index is 2.16. The average molecular weight is 329 g/mol. The molecular weight excluding hydrogens is 317 g/mol. The molecule has 0 saturated heterocycles. The van der Waals surface area contributed by atoms with Crippen molar-refractivity contribution in [1.82, 2.24) is 0 Å². The average Bonchev–Trinajstić information content (AvgIpc) is 2.34. The SMILES string of the molecule is CC(Nc1ccc(Cl)c(F)c1)c1cccc(Br)c1. The van der Waals surface area contributed by atoms with Gasteiger partial charge in [-0.05, 0) is 42.8 Å². The molecule has 0 aliphatic carbocycles. The Morgan fingerprint density at radius 3 is 2.67 bits per heavy atom. The molecule has 0 spiro atoms. The smallest absolute Gasteiger partial charge is 0.143 e. The largest absolute Gasteiger partial charge is 0.378 e. The van der Waals surface area contributed by atoms with Crippen molar-refractivity contribution >= 4 is 33.2 Å². The van der Waals surface area contributed by atoms with Crippen molar-refractivity contribution in [3.8, 4) is 0 Å². The van der Waals surface area contributed by atoms with Crippen LogP contribution in [0, 0.1) is 5.82 Å². The summed E-state index contributed by atoms with van der Waals surface area (Å²) >= 11 is 9.08. The normalized spacial score (nSPS) is 12.2. The molecule has 0 radical (unpaired) electrons. The molecule has 0 bridgehead atoms. The van der Waals surface area contributed by atoms with E-state index in [4.69, 9.17) is 11.6 Å². The van der Waals surface area contributed by atoms with Gasteiger partial charge < -0.3 is 5.32 Å². The summed E-state index contributed by atoms with van der Waals surface area (Å²) in [5.74, 6) is -0.414. The number of nitrogens with one attached hydrogen (secondary N) is 1. The zero-order valence-electron chi connectivity index (χ0n) is 9.75. The van der Waals surface area contributed by atoms with Crippen molar-refractivity contribution < 1.29 is 4.39 Å². The molecule has 0 amide bonds. The maximum Gasteiger partial charge on any atom is 0.143 e. The highest BCUT2D eigenvalue weighted by Crippen LogP contribution is 2.24. The molecule has 0 aliphatic heterocycles. The van der Waals surface area contributed by atoms with Gasteiger partial charge in [0.25, 0.3) is 0 Å². The molecule has 94 valence electrons. The van der Waals surface area contributed by atoms with Crippen molar-refractivity contribution in [2.45, 2.75) is 13.0 Å². The monoisotopic (exact) mass is 327 g/mol. The van der Waals surface area contributed by atoms with E-state index in [0.717, 1.165) is 10.0 Å². The van der Waals surface area contributed by atoms with Crippen LogP contribution in [0.1, 0.15) is 18.5 Å². The molecular formula is C14H12BrClFN. The summed E-state index contributed by atoms with van der Waals surface area (Å²) in [7, 11) is 0. The minimum absolute atomic E-state index is 0.0862. The van der Waals surface area contributed by atoms with Crippen LogP contribution in [0.5, 0.6) is 0 Å². The van der Waals surface area contributed by atoms with E-state index in [0.29, 0.717) is 5.69 Å². The van der Waals surface area contributed by atoms with Crippen LogP contribution in [0.2, 0.25) is 5.02 Å². The Morgan fingerprint density at radius 2 is 2.00 bits per heavy atom. The fourth-order valence-corrected chi connectivity index (χ4v) is 2.23. The van der Waals surface area contributed by atoms with E-state index < -0.39 is 5.82 Å². The first-order valence-corrected chi connectivity index (χ1v) is 6.70. The number of anilines is 1. The van der Waals surface area contributed by atoms with Crippen molar-refractivity contribution in [2.24, 2.45) is 0 Å². The topological polar surface area (TPSA) is 12.0 Å². The molecule has 1 nitrogen and oxygen atoms in total. The number of halogens is 3. The van der Waals surface area contributed by atoms with Crippen LogP contribution >= 0.6 is 27.5 Å². The predicted molar refractivity (Wildman–Crippen MR) is 77.6 cm³/mol. The highest BCUT2D eigenvalue weighted by atomic mass is 79.9. The molecule has 2 rings (SSSR count). The summed E-state index contributed by atoms with van der Waals surface area (Å²) in [6.07, 6.45) is 0. The van der Waals surface area contributed by atoms with Crippen molar-refractivity contribution in [1.29, 1.82) is 0 Å². The Bertz CT molecular complexity index is 559. The Morgan fingerprint density at radius 1 is 1.22 bits per heavy atom. The van der Waals surface area contributed by atoms with E-state index in [1.54, 1.807) is 12.1 Å². The lowest BCUT2D eigenvalue weighted by molar-refractivity contribution is 0.628. The standard InChI is InChI=1S/C14H12BrClFN/c1-9(10-3-2-4-11(15)7-10)18-12-5-6-13(16)14(17)8-12/h2-9,18H,1H3. The molecule has 0 aliphatic rings. The summed E-state index contributed by atoms with van der Waals surface area (Å²) in [6.45, 7) is 2.02. The molecule has 1 unspecified atom stereocenters. The van der Waals surface area contributed by atoms with Crippen LogP contribution in [0.4, 0.5) is 10.1 Å². The van der Waals surface area contributed by atoms with Gasteiger partial charge in [0.2, 0.25) is 0 Å². The molecule has 0 aromatic heterocycles. The molecule has 1 atom stereocenters. The van der Waals surface area contributed by atoms with E-state index in [2.05, 4.69) is 21.2 Å². The highest BCUT2D eigenvalue weighted by molar-refractivity contribution is 9.10. The molecule has 18 heavy (non-hydrogen) atoms. The highest BCUT2D eigenvalue weighted by Gasteiger charge is 2.07. The quantitative estimate of drug-likeness (QED) is 0.794. The maximum absolute atomic E-state index is 13.3. The third-order valence-corrected chi connectivity index (χ3v) is 3.45. The number of rotatable bonds is 3. The molecule has 0 saturated carbocycles. The van der Waals surface area contributed by atoms with E-state index >= 15 is 0 Å². The van der Waals surface area contributed by atoms with Gasteiger partial charge in [-0.15, -0.1) is 0 Å². The summed E-state index contributed by atoms with van der Waals surface area (Å²) in [6, 6.07) is 12.8. The zero-order chi connectivity index (χ0) is 13.1. The molecule has 2 aromatic carbocycles. The molecule has 2 aromatic rings. The van der Waals surface area contributed by atoms with Crippen molar-refractivity contribution in [2.75, 3.05) is 5.32 Å². The van der Waals surface area contributed by atoms with Crippen molar-refractivity contribution in [3.05, 3.63) is 63.3 Å². The third-order valence-electron chi connectivity index (χ3n) is 2.65. The van der Waals surface area contributed by atoms with Crippen LogP contribution in [-0.2, 0) is 0 Å². The van der Waals surface area contributed by atoms with Gasteiger partial charge in [-0.3, -0.25) is 0 Å². The van der Waals surface area contributed by atoms with Crippen LogP contribution < -0.4 is 5.32 Å². The van der Waals surface area contributed by atoms with Gasteiger partial charge in [0.05, 0.1) is 5.02 Å². The van der Waals surface area contributed by atoms with Gasteiger partial charge in [0.1, 0.15) is 5.82 Å².